The highest BCUT2D eigenvalue weighted by Crippen LogP contribution is 2.29. The normalized spacial score (nSPS) is 14.6. The maximum absolute atomic E-state index is 4.44. The first-order chi connectivity index (χ1) is 8.88. The van der Waals surface area contributed by atoms with Crippen LogP contribution in [0.15, 0.2) is 17.1 Å². The van der Waals surface area contributed by atoms with E-state index in [1.54, 1.807) is 0 Å². The number of halogens is 1. The third-order valence-corrected chi connectivity index (χ3v) is 4.54. The molecule has 0 unspecified atom stereocenters. The molecule has 20 heavy (non-hydrogen) atoms. The molecule has 0 spiro atoms. The van der Waals surface area contributed by atoms with Crippen molar-refractivity contribution in [1.29, 1.82) is 0 Å². The number of aliphatic imine (C=N–C) groups is 1. The van der Waals surface area contributed by atoms with Crippen LogP contribution in [0.5, 0.6) is 0 Å². The van der Waals surface area contributed by atoms with Gasteiger partial charge in [-0.05, 0) is 41.5 Å². The number of rotatable bonds is 2. The Hall–Kier alpha value is -0.670. The fourth-order valence-electron chi connectivity index (χ4n) is 2.27. The van der Waals surface area contributed by atoms with Gasteiger partial charge in [-0.15, -0.1) is 12.4 Å². The van der Waals surface area contributed by atoms with Gasteiger partial charge in [0, 0.05) is 12.3 Å². The number of nitrogens with zero attached hydrogens (tertiary/aromatic N) is 1. The van der Waals surface area contributed by atoms with E-state index >= 15 is 0 Å². The molecular weight excluding hydrogens is 288 g/mol. The highest BCUT2D eigenvalue weighted by atomic mass is 35.5. The van der Waals surface area contributed by atoms with E-state index < -0.39 is 0 Å². The third kappa shape index (κ3) is 4.16. The molecule has 4 heteroatoms. The number of aryl methyl sites for hydroxylation is 2. The van der Waals surface area contributed by atoms with Crippen LogP contribution in [0.1, 0.15) is 43.0 Å². The number of amidine groups is 1. The molecule has 2 nitrogen and oxygen atoms in total. The van der Waals surface area contributed by atoms with Crippen molar-refractivity contribution < 1.29 is 0 Å². The summed E-state index contributed by atoms with van der Waals surface area (Å²) in [4.78, 5) is 4.44. The van der Waals surface area contributed by atoms with Gasteiger partial charge >= 0.3 is 0 Å². The first-order valence-corrected chi connectivity index (χ1v) is 7.88. The van der Waals surface area contributed by atoms with Crippen molar-refractivity contribution in [2.24, 2.45) is 4.99 Å². The topological polar surface area (TPSA) is 24.4 Å². The maximum Gasteiger partial charge on any atom is 0.157 e. The Labute approximate surface area is 133 Å². The number of benzene rings is 1. The lowest BCUT2D eigenvalue weighted by Gasteiger charge is -2.22. The quantitative estimate of drug-likeness (QED) is 0.884. The number of nitrogens with one attached hydrogen (secondary N) is 1. The van der Waals surface area contributed by atoms with Crippen molar-refractivity contribution in [3.63, 3.8) is 0 Å². The molecule has 0 saturated heterocycles. The van der Waals surface area contributed by atoms with Gasteiger partial charge in [0.05, 0.1) is 6.54 Å². The summed E-state index contributed by atoms with van der Waals surface area (Å²) in [5.74, 6) is 1.01. The van der Waals surface area contributed by atoms with Gasteiger partial charge in [-0.2, -0.15) is 0 Å². The Morgan fingerprint density at radius 1 is 1.20 bits per heavy atom. The van der Waals surface area contributed by atoms with Crippen molar-refractivity contribution in [1.82, 2.24) is 5.32 Å². The second-order valence-electron chi connectivity index (χ2n) is 6.24. The first kappa shape index (κ1) is 17.4. The largest absolute Gasteiger partial charge is 0.363 e. The molecule has 1 aliphatic heterocycles. The molecular formula is C16H25ClN2S. The minimum atomic E-state index is 0. The number of thioether (sulfide) groups is 1. The summed E-state index contributed by atoms with van der Waals surface area (Å²) in [7, 11) is 0. The summed E-state index contributed by atoms with van der Waals surface area (Å²) < 4.78 is 0. The van der Waals surface area contributed by atoms with E-state index in [0.717, 1.165) is 24.0 Å². The highest BCUT2D eigenvalue weighted by Gasteiger charge is 2.16. The Bertz CT molecular complexity index is 481. The van der Waals surface area contributed by atoms with E-state index in [1.807, 2.05) is 11.8 Å². The molecule has 0 aliphatic carbocycles. The van der Waals surface area contributed by atoms with Gasteiger partial charge in [-0.25, -0.2) is 0 Å². The fraction of sp³-hybridized carbons (Fsp3) is 0.562. The van der Waals surface area contributed by atoms with E-state index in [4.69, 9.17) is 0 Å². The van der Waals surface area contributed by atoms with Gasteiger partial charge in [0.2, 0.25) is 0 Å². The minimum absolute atomic E-state index is 0. The standard InChI is InChI=1S/C16H24N2S.ClH/c1-11-8-13(16(3,4)5)9-12(2)14(11)10-19-15-17-6-7-18-15;/h8-9H,6-7,10H2,1-5H3,(H,17,18);1H. The third-order valence-electron chi connectivity index (χ3n) is 3.56. The molecule has 0 saturated carbocycles. The average Bonchev–Trinajstić information content (AvgIpc) is 2.79. The molecule has 0 radical (unpaired) electrons. The predicted molar refractivity (Wildman–Crippen MR) is 93.5 cm³/mol. The van der Waals surface area contributed by atoms with E-state index in [0.29, 0.717) is 0 Å². The van der Waals surface area contributed by atoms with Crippen LogP contribution in [0.4, 0.5) is 0 Å². The van der Waals surface area contributed by atoms with Crippen LogP contribution in [0.25, 0.3) is 0 Å². The monoisotopic (exact) mass is 312 g/mol. The average molecular weight is 313 g/mol. The van der Waals surface area contributed by atoms with Gasteiger partial charge in [0.15, 0.2) is 5.17 Å². The molecule has 1 aromatic carbocycles. The molecule has 0 bridgehead atoms. The SMILES string of the molecule is Cc1cc(C(C)(C)C)cc(C)c1CSC1=NCCN1.Cl. The summed E-state index contributed by atoms with van der Waals surface area (Å²) in [6.07, 6.45) is 0. The molecule has 0 aromatic heterocycles. The van der Waals surface area contributed by atoms with Crippen LogP contribution < -0.4 is 5.32 Å². The Morgan fingerprint density at radius 2 is 1.80 bits per heavy atom. The number of hydrogen-bond donors (Lipinski definition) is 1. The minimum Gasteiger partial charge on any atom is -0.363 e. The summed E-state index contributed by atoms with van der Waals surface area (Å²) in [6, 6.07) is 4.68. The van der Waals surface area contributed by atoms with Crippen LogP contribution >= 0.6 is 24.2 Å². The zero-order chi connectivity index (χ0) is 14.0. The lowest BCUT2D eigenvalue weighted by atomic mass is 9.84. The van der Waals surface area contributed by atoms with E-state index in [1.165, 1.54) is 22.3 Å². The number of hydrogen-bond acceptors (Lipinski definition) is 3. The second-order valence-corrected chi connectivity index (χ2v) is 7.20. The Balaban J connectivity index is 0.00000200. The molecule has 0 atom stereocenters. The zero-order valence-electron chi connectivity index (χ0n) is 13.0. The van der Waals surface area contributed by atoms with Crippen molar-refractivity contribution >= 4 is 29.3 Å². The molecule has 0 amide bonds. The maximum atomic E-state index is 4.44. The summed E-state index contributed by atoms with van der Waals surface area (Å²) in [6.45, 7) is 13.2. The summed E-state index contributed by atoms with van der Waals surface area (Å²) >= 11 is 1.82. The summed E-state index contributed by atoms with van der Waals surface area (Å²) in [5.41, 5.74) is 5.90. The Morgan fingerprint density at radius 3 is 2.25 bits per heavy atom. The van der Waals surface area contributed by atoms with Gasteiger partial charge < -0.3 is 5.32 Å². The molecule has 1 aromatic rings. The van der Waals surface area contributed by atoms with Crippen LogP contribution in [0, 0.1) is 13.8 Å². The van der Waals surface area contributed by atoms with E-state index in [-0.39, 0.29) is 17.8 Å². The van der Waals surface area contributed by atoms with Crippen molar-refractivity contribution in [2.45, 2.75) is 45.8 Å². The van der Waals surface area contributed by atoms with Gasteiger partial charge in [0.25, 0.3) is 0 Å². The van der Waals surface area contributed by atoms with Crippen LogP contribution in [-0.4, -0.2) is 18.3 Å². The molecule has 1 N–H and O–H groups in total. The van der Waals surface area contributed by atoms with E-state index in [9.17, 15) is 0 Å². The van der Waals surface area contributed by atoms with Crippen LogP contribution in [0.3, 0.4) is 0 Å². The predicted octanol–water partition coefficient (Wildman–Crippen LogP) is 4.22. The summed E-state index contributed by atoms with van der Waals surface area (Å²) in [5, 5.41) is 4.41. The fourth-order valence-corrected chi connectivity index (χ4v) is 3.39. The second kappa shape index (κ2) is 6.86. The molecule has 2 rings (SSSR count). The lowest BCUT2D eigenvalue weighted by Crippen LogP contribution is -2.15. The Kier molecular flexibility index (Phi) is 5.96. The van der Waals surface area contributed by atoms with Crippen LogP contribution in [0.2, 0.25) is 0 Å². The van der Waals surface area contributed by atoms with Crippen molar-refractivity contribution in [3.8, 4) is 0 Å². The lowest BCUT2D eigenvalue weighted by molar-refractivity contribution is 0.589. The molecule has 1 aliphatic rings. The smallest absolute Gasteiger partial charge is 0.157 e. The molecule has 1 heterocycles. The highest BCUT2D eigenvalue weighted by molar-refractivity contribution is 8.13. The van der Waals surface area contributed by atoms with Gasteiger partial charge in [-0.1, -0.05) is 44.7 Å². The van der Waals surface area contributed by atoms with E-state index in [2.05, 4.69) is 57.1 Å². The van der Waals surface area contributed by atoms with Crippen molar-refractivity contribution in [2.75, 3.05) is 13.1 Å². The first-order valence-electron chi connectivity index (χ1n) is 6.89. The van der Waals surface area contributed by atoms with Crippen LogP contribution in [-0.2, 0) is 11.2 Å². The molecule has 112 valence electrons. The van der Waals surface area contributed by atoms with Gasteiger partial charge in [-0.3, -0.25) is 4.99 Å². The van der Waals surface area contributed by atoms with Gasteiger partial charge in [0.1, 0.15) is 0 Å². The zero-order valence-corrected chi connectivity index (χ0v) is 14.7. The molecule has 0 fully saturated rings. The van der Waals surface area contributed by atoms with Crippen molar-refractivity contribution in [3.05, 3.63) is 34.4 Å².